The summed E-state index contributed by atoms with van der Waals surface area (Å²) >= 11 is 6.96. The third kappa shape index (κ3) is 4.74. The quantitative estimate of drug-likeness (QED) is 0.718. The molecule has 0 unspecified atom stereocenters. The Bertz CT molecular complexity index is 913. The number of carbonyl (C=O) groups is 1. The molecule has 0 fully saturated rings. The molecular formula is C17H17ClN4O2S. The molecule has 0 saturated carbocycles. The molecule has 0 spiro atoms. The van der Waals surface area contributed by atoms with Gasteiger partial charge in [0.2, 0.25) is 0 Å². The van der Waals surface area contributed by atoms with Gasteiger partial charge in [-0.3, -0.25) is 9.59 Å². The molecule has 6 nitrogen and oxygen atoms in total. The van der Waals surface area contributed by atoms with E-state index in [1.54, 1.807) is 25.1 Å². The van der Waals surface area contributed by atoms with Gasteiger partial charge in [0.1, 0.15) is 11.5 Å². The van der Waals surface area contributed by atoms with Crippen LogP contribution in [0.25, 0.3) is 11.3 Å². The number of aromatic amines is 1. The Kier molecular flexibility index (Phi) is 6.06. The SMILES string of the molecule is C=C(Cl)SC(=C)CNc1cc(-c2ccc[nH]c2=O)nn1C(=O)C(=C)C. The molecule has 0 amide bonds. The summed E-state index contributed by atoms with van der Waals surface area (Å²) in [4.78, 5) is 27.6. The molecule has 0 aromatic carbocycles. The standard InChI is InChI=1S/C17H17ClN4O2S/c1-10(2)17(24)22-15(20-9-11(3)25-12(4)18)8-14(21-22)13-6-5-7-19-16(13)23/h5-8,20H,1,3-4,9H2,2H3,(H,19,23). The number of hydrogen-bond acceptors (Lipinski definition) is 5. The van der Waals surface area contributed by atoms with Gasteiger partial charge in [-0.2, -0.15) is 9.78 Å². The highest BCUT2D eigenvalue weighted by Crippen LogP contribution is 2.26. The molecule has 0 aliphatic rings. The zero-order chi connectivity index (χ0) is 18.6. The van der Waals surface area contributed by atoms with Gasteiger partial charge in [-0.15, -0.1) is 0 Å². The number of halogens is 1. The monoisotopic (exact) mass is 376 g/mol. The van der Waals surface area contributed by atoms with Crippen molar-refractivity contribution in [1.82, 2.24) is 14.8 Å². The summed E-state index contributed by atoms with van der Waals surface area (Å²) in [6.07, 6.45) is 1.53. The Labute approximate surface area is 154 Å². The van der Waals surface area contributed by atoms with Crippen molar-refractivity contribution in [2.45, 2.75) is 6.92 Å². The second-order valence-corrected chi connectivity index (χ2v) is 7.13. The summed E-state index contributed by atoms with van der Waals surface area (Å²) in [5, 5.41) is 7.31. The average molecular weight is 377 g/mol. The van der Waals surface area contributed by atoms with Crippen molar-refractivity contribution < 1.29 is 4.79 Å². The van der Waals surface area contributed by atoms with Gasteiger partial charge in [-0.1, -0.05) is 43.1 Å². The average Bonchev–Trinajstić information content (AvgIpc) is 2.95. The van der Waals surface area contributed by atoms with Crippen molar-refractivity contribution in [3.05, 3.63) is 69.3 Å². The Balaban J connectivity index is 2.37. The predicted octanol–water partition coefficient (Wildman–Crippen LogP) is 3.82. The fraction of sp³-hybridized carbons (Fsp3) is 0.118. The molecule has 0 atom stereocenters. The molecule has 0 saturated heterocycles. The smallest absolute Gasteiger partial charge is 0.275 e. The van der Waals surface area contributed by atoms with Crippen LogP contribution < -0.4 is 10.9 Å². The van der Waals surface area contributed by atoms with E-state index >= 15 is 0 Å². The van der Waals surface area contributed by atoms with Crippen LogP contribution in [0.1, 0.15) is 11.7 Å². The lowest BCUT2D eigenvalue weighted by Crippen LogP contribution is -2.17. The lowest BCUT2D eigenvalue weighted by molar-refractivity contribution is 0.0943. The van der Waals surface area contributed by atoms with Gasteiger partial charge in [-0.05, 0) is 19.1 Å². The Morgan fingerprint density at radius 3 is 2.76 bits per heavy atom. The Morgan fingerprint density at radius 1 is 1.44 bits per heavy atom. The second kappa shape index (κ2) is 8.04. The van der Waals surface area contributed by atoms with Crippen molar-refractivity contribution in [2.24, 2.45) is 0 Å². The molecule has 8 heteroatoms. The Morgan fingerprint density at radius 2 is 2.16 bits per heavy atom. The molecule has 0 bridgehead atoms. The first kappa shape index (κ1) is 18.8. The van der Waals surface area contributed by atoms with E-state index in [1.165, 1.54) is 22.6 Å². The minimum Gasteiger partial charge on any atom is -0.365 e. The largest absolute Gasteiger partial charge is 0.365 e. The summed E-state index contributed by atoms with van der Waals surface area (Å²) in [6.45, 7) is 13.0. The number of H-pyrrole nitrogens is 1. The van der Waals surface area contributed by atoms with Crippen LogP contribution in [0.15, 0.2) is 63.8 Å². The van der Waals surface area contributed by atoms with E-state index < -0.39 is 0 Å². The molecule has 0 radical (unpaired) electrons. The number of hydrogen-bond donors (Lipinski definition) is 2. The number of pyridine rings is 1. The number of anilines is 1. The molecule has 2 N–H and O–H groups in total. The maximum atomic E-state index is 12.3. The minimum atomic E-state index is -0.374. The van der Waals surface area contributed by atoms with E-state index in [9.17, 15) is 9.59 Å². The maximum absolute atomic E-state index is 12.3. The predicted molar refractivity (Wildman–Crippen MR) is 104 cm³/mol. The highest BCUT2D eigenvalue weighted by molar-refractivity contribution is 8.08. The van der Waals surface area contributed by atoms with Gasteiger partial charge in [0.05, 0.1) is 9.93 Å². The number of allylic oxidation sites excluding steroid dienone is 1. The van der Waals surface area contributed by atoms with Crippen LogP contribution >= 0.6 is 23.4 Å². The molecule has 25 heavy (non-hydrogen) atoms. The maximum Gasteiger partial charge on any atom is 0.275 e. The van der Waals surface area contributed by atoms with Gasteiger partial charge in [0.15, 0.2) is 0 Å². The number of aromatic nitrogens is 3. The molecule has 0 aliphatic carbocycles. The van der Waals surface area contributed by atoms with Crippen molar-refractivity contribution in [3.63, 3.8) is 0 Å². The number of thioether (sulfide) groups is 1. The van der Waals surface area contributed by atoms with E-state index in [-0.39, 0.29) is 11.5 Å². The van der Waals surface area contributed by atoms with Crippen LogP contribution in [-0.4, -0.2) is 27.2 Å². The highest BCUT2D eigenvalue weighted by atomic mass is 35.5. The summed E-state index contributed by atoms with van der Waals surface area (Å²) in [5.41, 5.74) is 0.766. The summed E-state index contributed by atoms with van der Waals surface area (Å²) in [7, 11) is 0. The third-order valence-corrected chi connectivity index (χ3v) is 3.97. The highest BCUT2D eigenvalue weighted by Gasteiger charge is 2.17. The van der Waals surface area contributed by atoms with Crippen LogP contribution in [0.5, 0.6) is 0 Å². The first-order valence-corrected chi connectivity index (χ1v) is 8.41. The summed E-state index contributed by atoms with van der Waals surface area (Å²) in [6, 6.07) is 4.94. The van der Waals surface area contributed by atoms with E-state index in [4.69, 9.17) is 11.6 Å². The normalized spacial score (nSPS) is 10.3. The molecule has 0 aliphatic heterocycles. The van der Waals surface area contributed by atoms with E-state index in [0.717, 1.165) is 4.91 Å². The molecule has 2 rings (SSSR count). The summed E-state index contributed by atoms with van der Waals surface area (Å²) in [5.74, 6) is 0.0503. The fourth-order valence-electron chi connectivity index (χ4n) is 1.98. The van der Waals surface area contributed by atoms with E-state index in [1.807, 2.05) is 0 Å². The van der Waals surface area contributed by atoms with Crippen LogP contribution in [0, 0.1) is 0 Å². The second-order valence-electron chi connectivity index (χ2n) is 5.17. The molecule has 130 valence electrons. The van der Waals surface area contributed by atoms with Gasteiger partial charge < -0.3 is 10.3 Å². The first-order valence-electron chi connectivity index (χ1n) is 7.22. The zero-order valence-corrected chi connectivity index (χ0v) is 15.2. The number of carbonyl (C=O) groups excluding carboxylic acids is 1. The Hall–Kier alpha value is -2.51. The van der Waals surface area contributed by atoms with Crippen molar-refractivity contribution in [3.8, 4) is 11.3 Å². The van der Waals surface area contributed by atoms with Crippen LogP contribution in [0.4, 0.5) is 5.82 Å². The molecule has 2 aromatic heterocycles. The van der Waals surface area contributed by atoms with E-state index in [0.29, 0.717) is 33.6 Å². The van der Waals surface area contributed by atoms with Gasteiger partial charge in [0, 0.05) is 29.3 Å². The zero-order valence-electron chi connectivity index (χ0n) is 13.6. The lowest BCUT2D eigenvalue weighted by atomic mass is 10.2. The van der Waals surface area contributed by atoms with Gasteiger partial charge in [-0.25, -0.2) is 0 Å². The number of nitrogens with one attached hydrogen (secondary N) is 2. The first-order chi connectivity index (χ1) is 11.8. The van der Waals surface area contributed by atoms with Crippen molar-refractivity contribution in [1.29, 1.82) is 0 Å². The number of rotatable bonds is 7. The molecule has 2 heterocycles. The van der Waals surface area contributed by atoms with Crippen molar-refractivity contribution in [2.75, 3.05) is 11.9 Å². The fourth-order valence-corrected chi connectivity index (χ4v) is 2.76. The van der Waals surface area contributed by atoms with Crippen LogP contribution in [0.2, 0.25) is 0 Å². The lowest BCUT2D eigenvalue weighted by Gasteiger charge is -2.09. The topological polar surface area (TPSA) is 79.8 Å². The molecular weight excluding hydrogens is 360 g/mol. The van der Waals surface area contributed by atoms with Gasteiger partial charge in [0.25, 0.3) is 11.5 Å². The van der Waals surface area contributed by atoms with Crippen LogP contribution in [-0.2, 0) is 0 Å². The van der Waals surface area contributed by atoms with Gasteiger partial charge >= 0.3 is 0 Å². The summed E-state index contributed by atoms with van der Waals surface area (Å²) < 4.78 is 1.58. The molecule has 2 aromatic rings. The van der Waals surface area contributed by atoms with E-state index in [2.05, 4.69) is 35.1 Å². The minimum absolute atomic E-state index is 0.292. The van der Waals surface area contributed by atoms with Crippen LogP contribution in [0.3, 0.4) is 0 Å². The van der Waals surface area contributed by atoms with Crippen molar-refractivity contribution >= 4 is 35.1 Å². The third-order valence-electron chi connectivity index (χ3n) is 3.08. The number of nitrogens with zero attached hydrogens (tertiary/aromatic N) is 2.